The van der Waals surface area contributed by atoms with E-state index in [0.717, 1.165) is 0 Å². The number of hydrogen-bond donors (Lipinski definition) is 1. The number of ether oxygens (including phenoxy) is 1. The molecule has 1 aromatic rings. The van der Waals surface area contributed by atoms with Crippen molar-refractivity contribution < 1.29 is 14.6 Å². The van der Waals surface area contributed by atoms with E-state index in [0.29, 0.717) is 0 Å². The van der Waals surface area contributed by atoms with Gasteiger partial charge in [-0.15, -0.1) is 0 Å². The molecular weight excluding hydrogens is 196 g/mol. The van der Waals surface area contributed by atoms with Crippen molar-refractivity contribution in [3.63, 3.8) is 0 Å². The molecule has 1 aromatic heterocycles. The number of rotatable bonds is 3. The van der Waals surface area contributed by atoms with Crippen LogP contribution in [0.25, 0.3) is 0 Å². The number of aromatic carboxylic acids is 1. The number of carboxylic acids is 1. The minimum absolute atomic E-state index is 0.0624. The number of nitriles is 1. The summed E-state index contributed by atoms with van der Waals surface area (Å²) >= 11 is 0. The zero-order valence-corrected chi connectivity index (χ0v) is 8.39. The summed E-state index contributed by atoms with van der Waals surface area (Å²) in [5, 5.41) is 17.4. The van der Waals surface area contributed by atoms with Gasteiger partial charge in [0.1, 0.15) is 11.6 Å². The van der Waals surface area contributed by atoms with Gasteiger partial charge in [-0.05, 0) is 26.0 Å². The monoisotopic (exact) mass is 206 g/mol. The number of hydrogen-bond acceptors (Lipinski definition) is 4. The second-order valence-electron chi connectivity index (χ2n) is 3.13. The molecule has 1 rings (SSSR count). The lowest BCUT2D eigenvalue weighted by Gasteiger charge is -2.09. The minimum Gasteiger partial charge on any atom is -0.477 e. The molecule has 0 atom stereocenters. The first-order valence-corrected chi connectivity index (χ1v) is 4.35. The van der Waals surface area contributed by atoms with Crippen LogP contribution in [0.4, 0.5) is 0 Å². The van der Waals surface area contributed by atoms with Crippen molar-refractivity contribution in [1.29, 1.82) is 5.26 Å². The average molecular weight is 206 g/mol. The Morgan fingerprint density at radius 2 is 2.27 bits per heavy atom. The van der Waals surface area contributed by atoms with Gasteiger partial charge in [0, 0.05) is 0 Å². The van der Waals surface area contributed by atoms with Crippen LogP contribution in [0.5, 0.6) is 5.88 Å². The summed E-state index contributed by atoms with van der Waals surface area (Å²) in [4.78, 5) is 14.4. The molecule has 0 aliphatic heterocycles. The van der Waals surface area contributed by atoms with Crippen molar-refractivity contribution >= 4 is 5.97 Å². The summed E-state index contributed by atoms with van der Waals surface area (Å²) in [6.45, 7) is 3.55. The van der Waals surface area contributed by atoms with E-state index >= 15 is 0 Å². The molecule has 1 heterocycles. The molecule has 5 nitrogen and oxygen atoms in total. The zero-order valence-electron chi connectivity index (χ0n) is 8.39. The standard InChI is InChI=1S/C10H10N2O3/c1-6(2)15-9-7(5-11)3-4-8(12-9)10(13)14/h3-4,6H,1-2H3,(H,13,14). The first-order valence-electron chi connectivity index (χ1n) is 4.35. The predicted molar refractivity (Wildman–Crippen MR) is 51.7 cm³/mol. The Morgan fingerprint density at radius 3 is 2.73 bits per heavy atom. The van der Waals surface area contributed by atoms with Crippen LogP contribution in [-0.4, -0.2) is 22.2 Å². The molecule has 0 radical (unpaired) electrons. The molecule has 1 N–H and O–H groups in total. The first kappa shape index (κ1) is 11.0. The maximum absolute atomic E-state index is 10.6. The Balaban J connectivity index is 3.14. The Labute approximate surface area is 86.9 Å². The maximum atomic E-state index is 10.6. The molecule has 0 bridgehead atoms. The van der Waals surface area contributed by atoms with Gasteiger partial charge in [0.05, 0.1) is 6.10 Å². The molecule has 15 heavy (non-hydrogen) atoms. The first-order chi connectivity index (χ1) is 7.04. The van der Waals surface area contributed by atoms with E-state index in [1.807, 2.05) is 6.07 Å². The molecule has 0 saturated heterocycles. The summed E-state index contributed by atoms with van der Waals surface area (Å²) < 4.78 is 5.23. The van der Waals surface area contributed by atoms with E-state index in [1.54, 1.807) is 13.8 Å². The van der Waals surface area contributed by atoms with Crippen molar-refractivity contribution in [2.75, 3.05) is 0 Å². The number of aromatic nitrogens is 1. The molecular formula is C10H10N2O3. The van der Waals surface area contributed by atoms with Crippen molar-refractivity contribution in [3.8, 4) is 11.9 Å². The van der Waals surface area contributed by atoms with Gasteiger partial charge >= 0.3 is 5.97 Å². The molecule has 0 aliphatic carbocycles. The fourth-order valence-corrected chi connectivity index (χ4v) is 0.958. The Morgan fingerprint density at radius 1 is 1.60 bits per heavy atom. The predicted octanol–water partition coefficient (Wildman–Crippen LogP) is 1.44. The van der Waals surface area contributed by atoms with Gasteiger partial charge in [-0.2, -0.15) is 5.26 Å². The quantitative estimate of drug-likeness (QED) is 0.808. The van der Waals surface area contributed by atoms with Gasteiger partial charge in [0.25, 0.3) is 0 Å². The summed E-state index contributed by atoms with van der Waals surface area (Å²) in [6.07, 6.45) is -0.159. The highest BCUT2D eigenvalue weighted by Gasteiger charge is 2.12. The van der Waals surface area contributed by atoms with Crippen LogP contribution in [0, 0.1) is 11.3 Å². The molecule has 0 aromatic carbocycles. The Bertz CT molecular complexity index is 421. The summed E-state index contributed by atoms with van der Waals surface area (Å²) in [5.74, 6) is -1.08. The molecule has 0 aliphatic rings. The maximum Gasteiger partial charge on any atom is 0.354 e. The number of carboxylic acid groups (broad SMARTS) is 1. The van der Waals surface area contributed by atoms with E-state index in [1.165, 1.54) is 12.1 Å². The second kappa shape index (κ2) is 4.42. The molecule has 0 spiro atoms. The third kappa shape index (κ3) is 2.68. The molecule has 0 saturated carbocycles. The van der Waals surface area contributed by atoms with Crippen molar-refractivity contribution in [2.24, 2.45) is 0 Å². The second-order valence-corrected chi connectivity index (χ2v) is 3.13. The summed E-state index contributed by atoms with van der Waals surface area (Å²) in [7, 11) is 0. The lowest BCUT2D eigenvalue weighted by molar-refractivity contribution is 0.0688. The van der Waals surface area contributed by atoms with E-state index in [-0.39, 0.29) is 23.2 Å². The van der Waals surface area contributed by atoms with Gasteiger partial charge in [0.15, 0.2) is 5.69 Å². The van der Waals surface area contributed by atoms with Gasteiger partial charge in [-0.3, -0.25) is 0 Å². The van der Waals surface area contributed by atoms with Crippen LogP contribution in [0.15, 0.2) is 12.1 Å². The third-order valence-electron chi connectivity index (χ3n) is 1.55. The molecule has 5 heteroatoms. The minimum atomic E-state index is -1.15. The van der Waals surface area contributed by atoms with Crippen LogP contribution in [0.3, 0.4) is 0 Å². The van der Waals surface area contributed by atoms with E-state index in [4.69, 9.17) is 15.1 Å². The topological polar surface area (TPSA) is 83.2 Å². The Kier molecular flexibility index (Phi) is 3.24. The Hall–Kier alpha value is -2.09. The van der Waals surface area contributed by atoms with Crippen LogP contribution < -0.4 is 4.74 Å². The van der Waals surface area contributed by atoms with Crippen LogP contribution in [0.1, 0.15) is 29.9 Å². The van der Waals surface area contributed by atoms with Crippen LogP contribution in [-0.2, 0) is 0 Å². The normalized spacial score (nSPS) is 9.73. The van der Waals surface area contributed by atoms with Crippen LogP contribution in [0.2, 0.25) is 0 Å². The highest BCUT2D eigenvalue weighted by molar-refractivity contribution is 5.85. The third-order valence-corrected chi connectivity index (χ3v) is 1.55. The molecule has 0 amide bonds. The highest BCUT2D eigenvalue weighted by atomic mass is 16.5. The summed E-state index contributed by atoms with van der Waals surface area (Å²) in [5.41, 5.74) is 0.0957. The van der Waals surface area contributed by atoms with Crippen molar-refractivity contribution in [3.05, 3.63) is 23.4 Å². The largest absolute Gasteiger partial charge is 0.477 e. The van der Waals surface area contributed by atoms with E-state index in [2.05, 4.69) is 4.98 Å². The smallest absolute Gasteiger partial charge is 0.354 e. The number of nitrogens with zero attached hydrogens (tertiary/aromatic N) is 2. The van der Waals surface area contributed by atoms with Gasteiger partial charge < -0.3 is 9.84 Å². The van der Waals surface area contributed by atoms with Crippen LogP contribution >= 0.6 is 0 Å². The van der Waals surface area contributed by atoms with E-state index in [9.17, 15) is 4.79 Å². The van der Waals surface area contributed by atoms with Gasteiger partial charge in [-0.25, -0.2) is 9.78 Å². The lowest BCUT2D eigenvalue weighted by atomic mass is 10.2. The van der Waals surface area contributed by atoms with Gasteiger partial charge in [0.2, 0.25) is 5.88 Å². The molecule has 78 valence electrons. The molecule has 0 unspecified atom stereocenters. The molecule has 0 fully saturated rings. The summed E-state index contributed by atoms with van der Waals surface area (Å²) in [6, 6.07) is 4.54. The SMILES string of the molecule is CC(C)Oc1nc(C(=O)O)ccc1C#N. The number of carbonyl (C=O) groups is 1. The lowest BCUT2D eigenvalue weighted by Crippen LogP contribution is -2.10. The highest BCUT2D eigenvalue weighted by Crippen LogP contribution is 2.16. The van der Waals surface area contributed by atoms with Crippen molar-refractivity contribution in [1.82, 2.24) is 4.98 Å². The zero-order chi connectivity index (χ0) is 11.4. The average Bonchev–Trinajstić information content (AvgIpc) is 2.16. The van der Waals surface area contributed by atoms with E-state index < -0.39 is 5.97 Å². The van der Waals surface area contributed by atoms with Crippen molar-refractivity contribution in [2.45, 2.75) is 20.0 Å². The fourth-order valence-electron chi connectivity index (χ4n) is 0.958. The fraction of sp³-hybridized carbons (Fsp3) is 0.300. The van der Waals surface area contributed by atoms with Gasteiger partial charge in [-0.1, -0.05) is 0 Å². The number of pyridine rings is 1.